The van der Waals surface area contributed by atoms with E-state index in [0.29, 0.717) is 11.5 Å². The van der Waals surface area contributed by atoms with Gasteiger partial charge in [0, 0.05) is 32.3 Å². The molecule has 1 saturated heterocycles. The first-order valence-corrected chi connectivity index (χ1v) is 18.5. The SMILES string of the molecule is CCOC(=O)C(NP(=O)(N[C@H](C(=O)OCC)C(C)C)OCC(OC)C(O)C1(O)C(C)C1C=Nc1c(N)nc(N)nc1N1CCCC1)C(C)C. The fourth-order valence-electron chi connectivity index (χ4n) is 5.88. The summed E-state index contributed by atoms with van der Waals surface area (Å²) in [7, 11) is -2.98. The van der Waals surface area contributed by atoms with Crippen molar-refractivity contribution in [2.24, 2.45) is 28.7 Å². The van der Waals surface area contributed by atoms with E-state index in [1.54, 1.807) is 48.5 Å². The summed E-state index contributed by atoms with van der Waals surface area (Å²) in [6.45, 7) is 13.2. The molecule has 0 aromatic carbocycles. The topological polar surface area (TPSA) is 246 Å². The van der Waals surface area contributed by atoms with Gasteiger partial charge in [0.15, 0.2) is 11.6 Å². The van der Waals surface area contributed by atoms with Gasteiger partial charge >= 0.3 is 19.6 Å². The van der Waals surface area contributed by atoms with Crippen LogP contribution in [0.15, 0.2) is 4.99 Å². The van der Waals surface area contributed by atoms with E-state index >= 15 is 0 Å². The van der Waals surface area contributed by atoms with E-state index in [1.165, 1.54) is 13.3 Å². The molecule has 7 unspecified atom stereocenters. The number of aromatic nitrogens is 2. The van der Waals surface area contributed by atoms with Gasteiger partial charge in [0.2, 0.25) is 5.95 Å². The van der Waals surface area contributed by atoms with E-state index in [9.17, 15) is 24.4 Å². The fourth-order valence-corrected chi connectivity index (χ4v) is 8.00. The number of nitrogen functional groups attached to an aromatic ring is 2. The molecule has 1 aromatic rings. The zero-order valence-corrected chi connectivity index (χ0v) is 30.7. The van der Waals surface area contributed by atoms with E-state index in [1.807, 2.05) is 4.90 Å². The van der Waals surface area contributed by atoms with Gasteiger partial charge < -0.3 is 45.3 Å². The van der Waals surface area contributed by atoms with Crippen LogP contribution in [-0.4, -0.2) is 108 Å². The lowest BCUT2D eigenvalue weighted by atomic mass is 10.0. The van der Waals surface area contributed by atoms with Gasteiger partial charge in [-0.05, 0) is 44.4 Å². The number of hydrogen-bond acceptors (Lipinski definition) is 15. The van der Waals surface area contributed by atoms with Gasteiger partial charge in [0.25, 0.3) is 0 Å². The maximum atomic E-state index is 14.4. The van der Waals surface area contributed by atoms with Crippen LogP contribution >= 0.6 is 7.67 Å². The normalized spacial score (nSPS) is 24.5. The Labute approximate surface area is 288 Å². The molecule has 278 valence electrons. The molecule has 0 bridgehead atoms. The molecule has 49 heavy (non-hydrogen) atoms. The molecule has 0 radical (unpaired) electrons. The van der Waals surface area contributed by atoms with Gasteiger partial charge in [0.1, 0.15) is 35.6 Å². The number of carbonyl (C=O) groups excluding carboxylic acids is 2. The zero-order valence-electron chi connectivity index (χ0n) is 29.8. The molecule has 2 heterocycles. The van der Waals surface area contributed by atoms with Gasteiger partial charge in [-0.25, -0.2) is 10.2 Å². The Bertz CT molecular complexity index is 1330. The van der Waals surface area contributed by atoms with Gasteiger partial charge in [-0.1, -0.05) is 34.6 Å². The highest BCUT2D eigenvalue weighted by Crippen LogP contribution is 2.53. The number of esters is 2. The van der Waals surface area contributed by atoms with Crippen molar-refractivity contribution in [2.75, 3.05) is 56.4 Å². The van der Waals surface area contributed by atoms with Crippen molar-refractivity contribution in [3.05, 3.63) is 0 Å². The van der Waals surface area contributed by atoms with E-state index in [-0.39, 0.29) is 36.8 Å². The predicted molar refractivity (Wildman–Crippen MR) is 185 cm³/mol. The number of anilines is 3. The first-order chi connectivity index (χ1) is 23.0. The number of nitrogens with one attached hydrogen (secondary N) is 2. The monoisotopic (exact) mass is 714 g/mol. The van der Waals surface area contributed by atoms with Crippen LogP contribution in [0, 0.1) is 23.7 Å². The highest BCUT2D eigenvalue weighted by atomic mass is 31.2. The molecule has 2 fully saturated rings. The Hall–Kier alpha value is -2.92. The molecule has 8 atom stereocenters. The Balaban J connectivity index is 1.85. The molecule has 1 aromatic heterocycles. The lowest BCUT2D eigenvalue weighted by Crippen LogP contribution is -2.49. The standard InChI is InChI=1S/C31H55N8O9P/c1-9-46-28(41)22(17(3)4)37-49(44,38-23(18(5)6)29(42)47-10-2)48-16-21(45-8)25(40)31(43)19(7)20(31)15-34-24-26(32)35-30(33)36-27(24)39-13-11-12-14-39/h15,17-23,25,40,43H,9-14,16H2,1-8H3,(H2,37,38,44)(H4,32,33,35,36)/t19?,20?,21?,22-,23?,25?,31?,49?/m0/s1. The minimum absolute atomic E-state index is 0.0261. The summed E-state index contributed by atoms with van der Waals surface area (Å²) in [5.74, 6) is -2.58. The number of ether oxygens (including phenoxy) is 3. The third-order valence-electron chi connectivity index (χ3n) is 8.95. The van der Waals surface area contributed by atoms with Crippen molar-refractivity contribution < 1.29 is 43.1 Å². The summed E-state index contributed by atoms with van der Waals surface area (Å²) >= 11 is 0. The summed E-state index contributed by atoms with van der Waals surface area (Å²) in [6, 6.07) is -2.16. The van der Waals surface area contributed by atoms with Crippen molar-refractivity contribution in [1.82, 2.24) is 20.1 Å². The maximum Gasteiger partial charge on any atom is 0.342 e. The van der Waals surface area contributed by atoms with Crippen LogP contribution in [0.2, 0.25) is 0 Å². The molecule has 2 aliphatic rings. The van der Waals surface area contributed by atoms with Crippen molar-refractivity contribution in [2.45, 2.75) is 91.2 Å². The zero-order chi connectivity index (χ0) is 36.7. The van der Waals surface area contributed by atoms with Gasteiger partial charge in [-0.2, -0.15) is 9.97 Å². The fraction of sp³-hybridized carbons (Fsp3) is 0.774. The molecule has 1 aliphatic heterocycles. The quantitative estimate of drug-likeness (QED) is 0.0679. The van der Waals surface area contributed by atoms with Crippen LogP contribution in [0.3, 0.4) is 0 Å². The first kappa shape index (κ1) is 40.5. The molecule has 18 heteroatoms. The minimum Gasteiger partial charge on any atom is -0.465 e. The second-order valence-corrected chi connectivity index (χ2v) is 15.0. The molecule has 0 amide bonds. The van der Waals surface area contributed by atoms with Crippen molar-refractivity contribution >= 4 is 49.1 Å². The van der Waals surface area contributed by atoms with Gasteiger partial charge in [-0.15, -0.1) is 0 Å². The number of aliphatic imine (C=N–C) groups is 1. The average Bonchev–Trinajstić information content (AvgIpc) is 3.35. The largest absolute Gasteiger partial charge is 0.465 e. The van der Waals surface area contributed by atoms with Crippen molar-refractivity contribution in [1.29, 1.82) is 0 Å². The summed E-state index contributed by atoms with van der Waals surface area (Å²) in [5.41, 5.74) is 10.6. The van der Waals surface area contributed by atoms with Gasteiger partial charge in [-0.3, -0.25) is 19.1 Å². The summed E-state index contributed by atoms with van der Waals surface area (Å²) in [4.78, 5) is 40.6. The molecular weight excluding hydrogens is 659 g/mol. The van der Waals surface area contributed by atoms with Crippen molar-refractivity contribution in [3.8, 4) is 0 Å². The second-order valence-electron chi connectivity index (χ2n) is 13.1. The number of hydrogen-bond donors (Lipinski definition) is 6. The molecule has 3 rings (SSSR count). The smallest absolute Gasteiger partial charge is 0.342 e. The van der Waals surface area contributed by atoms with E-state index in [0.717, 1.165) is 25.9 Å². The van der Waals surface area contributed by atoms with Crippen LogP contribution < -0.4 is 26.5 Å². The third-order valence-corrected chi connectivity index (χ3v) is 10.7. The number of methoxy groups -OCH3 is 1. The summed E-state index contributed by atoms with van der Waals surface area (Å²) in [6.07, 6.45) is 0.734. The highest BCUT2D eigenvalue weighted by Gasteiger charge is 2.66. The Morgan fingerprint density at radius 1 is 1.06 bits per heavy atom. The highest BCUT2D eigenvalue weighted by molar-refractivity contribution is 7.54. The Morgan fingerprint density at radius 3 is 2.06 bits per heavy atom. The number of rotatable bonds is 19. The lowest BCUT2D eigenvalue weighted by Gasteiger charge is -2.33. The summed E-state index contributed by atoms with van der Waals surface area (Å²) in [5, 5.41) is 28.6. The molecule has 0 spiro atoms. The van der Waals surface area contributed by atoms with Crippen LogP contribution in [-0.2, 0) is 32.9 Å². The van der Waals surface area contributed by atoms with Crippen LogP contribution in [0.25, 0.3) is 0 Å². The average molecular weight is 715 g/mol. The van der Waals surface area contributed by atoms with E-state index in [2.05, 4.69) is 25.1 Å². The summed E-state index contributed by atoms with van der Waals surface area (Å²) < 4.78 is 36.2. The first-order valence-electron chi connectivity index (χ1n) is 16.8. The van der Waals surface area contributed by atoms with E-state index < -0.39 is 67.9 Å². The maximum absolute atomic E-state index is 14.4. The van der Waals surface area contributed by atoms with Crippen LogP contribution in [0.4, 0.5) is 23.3 Å². The molecule has 8 N–H and O–H groups in total. The molecule has 1 saturated carbocycles. The number of nitrogens with zero attached hydrogens (tertiary/aromatic N) is 4. The lowest BCUT2D eigenvalue weighted by molar-refractivity contribution is -0.146. The van der Waals surface area contributed by atoms with Crippen LogP contribution in [0.5, 0.6) is 0 Å². The molecular formula is C31H55N8O9P. The Morgan fingerprint density at radius 2 is 1.59 bits per heavy atom. The number of carbonyl (C=O) groups is 2. The molecule has 17 nitrogen and oxygen atoms in total. The number of nitrogens with two attached hydrogens (primary N) is 2. The van der Waals surface area contributed by atoms with Crippen LogP contribution in [0.1, 0.15) is 61.3 Å². The predicted octanol–water partition coefficient (Wildman–Crippen LogP) is 1.80. The Kier molecular flexibility index (Phi) is 14.3. The van der Waals surface area contributed by atoms with E-state index in [4.69, 9.17) is 30.2 Å². The second kappa shape index (κ2) is 17.3. The minimum atomic E-state index is -4.29. The number of aliphatic hydroxyl groups is 2. The van der Waals surface area contributed by atoms with Crippen molar-refractivity contribution in [3.63, 3.8) is 0 Å². The molecule has 1 aliphatic carbocycles. The number of aliphatic hydroxyl groups excluding tert-OH is 1. The third kappa shape index (κ3) is 9.66. The van der Waals surface area contributed by atoms with Gasteiger partial charge in [0.05, 0.1) is 19.8 Å².